The van der Waals surface area contributed by atoms with E-state index in [1.54, 1.807) is 17.4 Å². The molecule has 0 saturated carbocycles. The van der Waals surface area contributed by atoms with Crippen LogP contribution < -0.4 is 4.74 Å². The Balaban J connectivity index is 2.07. The van der Waals surface area contributed by atoms with Crippen LogP contribution in [0.5, 0.6) is 5.75 Å². The number of hydrogen-bond acceptors (Lipinski definition) is 4. The van der Waals surface area contributed by atoms with Crippen molar-refractivity contribution in [1.82, 2.24) is 4.98 Å². The summed E-state index contributed by atoms with van der Waals surface area (Å²) in [6.45, 7) is 2.51. The Morgan fingerprint density at radius 3 is 3.05 bits per heavy atom. The summed E-state index contributed by atoms with van der Waals surface area (Å²) in [5.74, 6) is 0.572. The van der Waals surface area contributed by atoms with Crippen LogP contribution in [-0.2, 0) is 13.0 Å². The van der Waals surface area contributed by atoms with E-state index < -0.39 is 0 Å². The molecule has 1 aromatic heterocycles. The van der Waals surface area contributed by atoms with Crippen LogP contribution in [0.1, 0.15) is 34.4 Å². The molecular weight excluding hydrogens is 326 g/mol. The molecule has 2 rings (SSSR count). The lowest BCUT2D eigenvalue weighted by molar-refractivity contribution is 0.111. The minimum Gasteiger partial charge on any atom is -0.485 e. The van der Waals surface area contributed by atoms with Gasteiger partial charge in [0.1, 0.15) is 12.4 Å². The maximum absolute atomic E-state index is 11.0. The highest BCUT2D eigenvalue weighted by molar-refractivity contribution is 9.10. The van der Waals surface area contributed by atoms with E-state index in [4.69, 9.17) is 4.74 Å². The molecule has 0 spiro atoms. The van der Waals surface area contributed by atoms with Crippen molar-refractivity contribution in [2.75, 3.05) is 0 Å². The van der Waals surface area contributed by atoms with E-state index >= 15 is 0 Å². The van der Waals surface area contributed by atoms with Crippen LogP contribution in [0.2, 0.25) is 0 Å². The summed E-state index contributed by atoms with van der Waals surface area (Å²) in [6.07, 6.45) is 2.89. The van der Waals surface area contributed by atoms with Crippen LogP contribution in [0.25, 0.3) is 0 Å². The highest BCUT2D eigenvalue weighted by atomic mass is 79.9. The van der Waals surface area contributed by atoms with Crippen LogP contribution >= 0.6 is 27.3 Å². The first-order chi connectivity index (χ1) is 9.24. The van der Waals surface area contributed by atoms with Crippen molar-refractivity contribution in [2.45, 2.75) is 26.4 Å². The quantitative estimate of drug-likeness (QED) is 0.738. The number of nitrogens with zero attached hydrogens (tertiary/aromatic N) is 1. The Morgan fingerprint density at radius 1 is 1.47 bits per heavy atom. The number of benzene rings is 1. The Morgan fingerprint density at radius 2 is 2.32 bits per heavy atom. The van der Waals surface area contributed by atoms with Crippen molar-refractivity contribution in [3.63, 3.8) is 0 Å². The molecule has 100 valence electrons. The van der Waals surface area contributed by atoms with Crippen molar-refractivity contribution in [2.24, 2.45) is 0 Å². The Hall–Kier alpha value is -1.20. The van der Waals surface area contributed by atoms with Gasteiger partial charge in [0, 0.05) is 5.38 Å². The normalized spacial score (nSPS) is 10.4. The van der Waals surface area contributed by atoms with Gasteiger partial charge in [-0.15, -0.1) is 11.3 Å². The van der Waals surface area contributed by atoms with Gasteiger partial charge in [-0.25, -0.2) is 4.98 Å². The first kappa shape index (κ1) is 14.2. The molecule has 2 aromatic rings. The van der Waals surface area contributed by atoms with Gasteiger partial charge in [0.15, 0.2) is 6.29 Å². The zero-order chi connectivity index (χ0) is 13.7. The molecule has 0 amide bonds. The van der Waals surface area contributed by atoms with Crippen molar-refractivity contribution in [3.05, 3.63) is 44.3 Å². The molecule has 0 bridgehead atoms. The average molecular weight is 340 g/mol. The predicted octanol–water partition coefficient (Wildman–Crippen LogP) is 4.25. The van der Waals surface area contributed by atoms with E-state index in [1.807, 2.05) is 17.5 Å². The van der Waals surface area contributed by atoms with Gasteiger partial charge >= 0.3 is 0 Å². The number of aryl methyl sites for hydroxylation is 1. The topological polar surface area (TPSA) is 39.2 Å². The number of carbonyl (C=O) groups excluding carboxylic acids is 1. The fourth-order valence-electron chi connectivity index (χ4n) is 1.66. The van der Waals surface area contributed by atoms with Crippen LogP contribution in [0.3, 0.4) is 0 Å². The molecule has 0 unspecified atom stereocenters. The highest BCUT2D eigenvalue weighted by Gasteiger charge is 2.09. The fraction of sp³-hybridized carbons (Fsp3) is 0.286. The molecule has 1 heterocycles. The van der Waals surface area contributed by atoms with E-state index in [0.29, 0.717) is 17.9 Å². The average Bonchev–Trinajstić information content (AvgIpc) is 2.85. The van der Waals surface area contributed by atoms with Gasteiger partial charge in [-0.2, -0.15) is 0 Å². The fourth-order valence-corrected chi connectivity index (χ4v) is 3.04. The van der Waals surface area contributed by atoms with Gasteiger partial charge in [-0.3, -0.25) is 4.79 Å². The predicted molar refractivity (Wildman–Crippen MR) is 80.0 cm³/mol. The minimum absolute atomic E-state index is 0.379. The van der Waals surface area contributed by atoms with Gasteiger partial charge in [-0.1, -0.05) is 13.0 Å². The molecule has 0 aliphatic heterocycles. The van der Waals surface area contributed by atoms with Crippen molar-refractivity contribution in [1.29, 1.82) is 0 Å². The number of thiazole rings is 1. The Kier molecular flexibility index (Phi) is 5.10. The van der Waals surface area contributed by atoms with Gasteiger partial charge in [0.2, 0.25) is 0 Å². The Labute approximate surface area is 124 Å². The molecule has 5 heteroatoms. The second-order valence-corrected chi connectivity index (χ2v) is 5.84. The summed E-state index contributed by atoms with van der Waals surface area (Å²) in [5, 5.41) is 3.13. The van der Waals surface area contributed by atoms with Crippen LogP contribution in [0, 0.1) is 0 Å². The molecule has 1 aromatic carbocycles. The number of ether oxygens (including phenoxy) is 1. The number of rotatable bonds is 6. The molecule has 0 aliphatic carbocycles. The zero-order valence-electron chi connectivity index (χ0n) is 10.6. The van der Waals surface area contributed by atoms with E-state index in [2.05, 4.69) is 27.8 Å². The molecule has 0 atom stereocenters. The third kappa shape index (κ3) is 3.64. The maximum Gasteiger partial charge on any atom is 0.153 e. The number of hydrogen-bond donors (Lipinski definition) is 0. The van der Waals surface area contributed by atoms with E-state index in [-0.39, 0.29) is 0 Å². The molecule has 0 saturated heterocycles. The number of carbonyl (C=O) groups is 1. The molecule has 3 nitrogen and oxygen atoms in total. The van der Waals surface area contributed by atoms with E-state index in [1.165, 1.54) is 0 Å². The molecule has 0 N–H and O–H groups in total. The molecule has 0 aliphatic rings. The lowest BCUT2D eigenvalue weighted by Crippen LogP contribution is -1.99. The van der Waals surface area contributed by atoms with Gasteiger partial charge in [-0.05, 0) is 40.9 Å². The summed E-state index contributed by atoms with van der Waals surface area (Å²) in [7, 11) is 0. The van der Waals surface area contributed by atoms with Crippen molar-refractivity contribution >= 4 is 33.6 Å². The highest BCUT2D eigenvalue weighted by Crippen LogP contribution is 2.28. The zero-order valence-corrected chi connectivity index (χ0v) is 13.0. The van der Waals surface area contributed by atoms with Gasteiger partial charge < -0.3 is 4.74 Å². The lowest BCUT2D eigenvalue weighted by Gasteiger charge is -2.08. The standard InChI is InChI=1S/C14H14BrNO2S/c1-2-4-13-16-11(9-19-13)8-18-14-10(7-17)5-3-6-12(14)15/h3,5-7,9H,2,4,8H2,1H3. The third-order valence-electron chi connectivity index (χ3n) is 2.55. The Bertz CT molecular complexity index is 568. The summed E-state index contributed by atoms with van der Waals surface area (Å²) in [4.78, 5) is 15.5. The number of aldehydes is 1. The van der Waals surface area contributed by atoms with Gasteiger partial charge in [0.05, 0.1) is 20.7 Å². The van der Waals surface area contributed by atoms with E-state index in [9.17, 15) is 4.79 Å². The smallest absolute Gasteiger partial charge is 0.153 e. The maximum atomic E-state index is 11.0. The van der Waals surface area contributed by atoms with Crippen LogP contribution in [0.4, 0.5) is 0 Å². The minimum atomic E-state index is 0.379. The summed E-state index contributed by atoms with van der Waals surface area (Å²) >= 11 is 5.04. The van der Waals surface area contributed by atoms with Crippen molar-refractivity contribution < 1.29 is 9.53 Å². The summed E-state index contributed by atoms with van der Waals surface area (Å²) in [6, 6.07) is 5.39. The van der Waals surface area contributed by atoms with Crippen LogP contribution in [0.15, 0.2) is 28.1 Å². The van der Waals surface area contributed by atoms with Crippen LogP contribution in [-0.4, -0.2) is 11.3 Å². The number of para-hydroxylation sites is 1. The molecule has 0 fully saturated rings. The number of halogens is 1. The summed E-state index contributed by atoms with van der Waals surface area (Å²) in [5.41, 5.74) is 1.44. The van der Waals surface area contributed by atoms with E-state index in [0.717, 1.165) is 34.3 Å². The first-order valence-corrected chi connectivity index (χ1v) is 7.71. The molecule has 0 radical (unpaired) electrons. The van der Waals surface area contributed by atoms with Gasteiger partial charge in [0.25, 0.3) is 0 Å². The van der Waals surface area contributed by atoms with Crippen molar-refractivity contribution in [3.8, 4) is 5.75 Å². The molecule has 19 heavy (non-hydrogen) atoms. The SMILES string of the molecule is CCCc1nc(COc2c(Br)cccc2C=O)cs1. The first-order valence-electron chi connectivity index (χ1n) is 6.04. The third-order valence-corrected chi connectivity index (χ3v) is 4.13. The summed E-state index contributed by atoms with van der Waals surface area (Å²) < 4.78 is 6.48. The second kappa shape index (κ2) is 6.82. The monoisotopic (exact) mass is 339 g/mol. The second-order valence-electron chi connectivity index (χ2n) is 4.05. The lowest BCUT2D eigenvalue weighted by atomic mass is 10.2. The number of aromatic nitrogens is 1. The largest absolute Gasteiger partial charge is 0.485 e. The molecular formula is C14H14BrNO2S.